The first-order valence-electron chi connectivity index (χ1n) is 8.42. The molecule has 142 valence electrons. The largest absolute Gasteiger partial charge is 0.394 e. The van der Waals surface area contributed by atoms with Gasteiger partial charge in [-0.2, -0.15) is 0 Å². The van der Waals surface area contributed by atoms with Crippen LogP contribution in [0.4, 0.5) is 0 Å². The molecular weight excluding hydrogens is 352 g/mol. The highest BCUT2D eigenvalue weighted by atomic mass is 16.5. The van der Waals surface area contributed by atoms with Gasteiger partial charge in [0.15, 0.2) is 0 Å². The third-order valence-electron chi connectivity index (χ3n) is 4.22. The number of benzene rings is 1. The summed E-state index contributed by atoms with van der Waals surface area (Å²) in [5, 5.41) is 18.5. The Hall–Kier alpha value is -2.88. The molecule has 0 aliphatic carbocycles. The molecule has 27 heavy (non-hydrogen) atoms. The van der Waals surface area contributed by atoms with Crippen LogP contribution in [0.15, 0.2) is 52.4 Å². The summed E-state index contributed by atoms with van der Waals surface area (Å²) in [7, 11) is 0. The number of ether oxygens (including phenoxy) is 1. The van der Waals surface area contributed by atoms with Crippen LogP contribution in [0.5, 0.6) is 0 Å². The average Bonchev–Trinajstić information content (AvgIpc) is 3.06. The van der Waals surface area contributed by atoms with Crippen LogP contribution in [0.1, 0.15) is 18.2 Å². The smallest absolute Gasteiger partial charge is 0.330 e. The fraction of sp³-hybridized carbons (Fsp3) is 0.333. The maximum atomic E-state index is 11.6. The molecule has 9 nitrogen and oxygen atoms in total. The van der Waals surface area contributed by atoms with E-state index in [9.17, 15) is 14.7 Å². The lowest BCUT2D eigenvalue weighted by Crippen LogP contribution is -2.33. The summed E-state index contributed by atoms with van der Waals surface area (Å²) < 4.78 is 6.54. The van der Waals surface area contributed by atoms with Crippen molar-refractivity contribution >= 4 is 11.0 Å². The van der Waals surface area contributed by atoms with Crippen LogP contribution in [-0.4, -0.2) is 48.5 Å². The van der Waals surface area contributed by atoms with Crippen LogP contribution in [0.25, 0.3) is 11.0 Å². The fourth-order valence-corrected chi connectivity index (χ4v) is 2.76. The molecule has 1 aromatic carbocycles. The summed E-state index contributed by atoms with van der Waals surface area (Å²) in [5.41, 5.74) is 1.25. The topological polar surface area (TPSA) is 130 Å². The highest BCUT2D eigenvalue weighted by molar-refractivity contribution is 5.72. The molecule has 0 amide bonds. The minimum Gasteiger partial charge on any atom is -0.394 e. The SMILES string of the molecule is Cc1cn([C@H]2C[C@H](O)[C@@H](CO)O2)c(=O)[nH]c1=O.c1ccc2nccnc2c1. The Balaban J connectivity index is 0.000000177. The molecule has 0 spiro atoms. The Morgan fingerprint density at radius 1 is 1.22 bits per heavy atom. The van der Waals surface area contributed by atoms with Gasteiger partial charge in [-0.25, -0.2) is 4.79 Å². The molecule has 3 heterocycles. The van der Waals surface area contributed by atoms with E-state index in [1.165, 1.54) is 10.8 Å². The molecule has 1 aliphatic heterocycles. The molecule has 9 heteroatoms. The van der Waals surface area contributed by atoms with Gasteiger partial charge in [-0.3, -0.25) is 24.3 Å². The van der Waals surface area contributed by atoms with Gasteiger partial charge in [0, 0.05) is 30.6 Å². The number of nitrogens with one attached hydrogen (secondary N) is 1. The van der Waals surface area contributed by atoms with E-state index < -0.39 is 29.7 Å². The molecule has 0 saturated carbocycles. The lowest BCUT2D eigenvalue weighted by molar-refractivity contribution is -0.0459. The van der Waals surface area contributed by atoms with Crippen molar-refractivity contribution in [1.82, 2.24) is 19.5 Å². The molecule has 0 radical (unpaired) electrons. The zero-order chi connectivity index (χ0) is 19.4. The number of aromatic nitrogens is 4. The minimum atomic E-state index is -0.816. The van der Waals surface area contributed by atoms with Crippen molar-refractivity contribution < 1.29 is 14.9 Å². The van der Waals surface area contributed by atoms with Crippen LogP contribution in [-0.2, 0) is 4.74 Å². The Labute approximate surface area is 153 Å². The molecule has 0 bridgehead atoms. The molecular formula is C18H20N4O5. The van der Waals surface area contributed by atoms with E-state index in [-0.39, 0.29) is 13.0 Å². The lowest BCUT2D eigenvalue weighted by atomic mass is 10.2. The Bertz CT molecular complexity index is 966. The van der Waals surface area contributed by atoms with Gasteiger partial charge in [0.1, 0.15) is 12.3 Å². The predicted octanol–water partition coefficient (Wildman–Crippen LogP) is 0.116. The van der Waals surface area contributed by atoms with Gasteiger partial charge in [0.25, 0.3) is 5.56 Å². The maximum absolute atomic E-state index is 11.6. The van der Waals surface area contributed by atoms with E-state index in [1.807, 2.05) is 24.3 Å². The normalized spacial score (nSPS) is 21.7. The van der Waals surface area contributed by atoms with E-state index in [2.05, 4.69) is 15.0 Å². The first kappa shape index (κ1) is 18.9. The van der Waals surface area contributed by atoms with E-state index in [4.69, 9.17) is 9.84 Å². The van der Waals surface area contributed by atoms with E-state index >= 15 is 0 Å². The molecule has 1 saturated heterocycles. The number of H-pyrrole nitrogens is 1. The summed E-state index contributed by atoms with van der Waals surface area (Å²) in [6.07, 6.45) is 2.81. The van der Waals surface area contributed by atoms with Crippen LogP contribution >= 0.6 is 0 Å². The van der Waals surface area contributed by atoms with E-state index in [1.54, 1.807) is 19.3 Å². The van der Waals surface area contributed by atoms with Crippen molar-refractivity contribution in [2.45, 2.75) is 31.8 Å². The highest BCUT2D eigenvalue weighted by Crippen LogP contribution is 2.27. The quantitative estimate of drug-likeness (QED) is 0.582. The van der Waals surface area contributed by atoms with Gasteiger partial charge in [0.05, 0.1) is 23.7 Å². The summed E-state index contributed by atoms with van der Waals surface area (Å²) in [5.74, 6) is 0. The summed E-state index contributed by atoms with van der Waals surface area (Å²) in [6, 6.07) is 7.80. The first-order valence-corrected chi connectivity index (χ1v) is 8.42. The monoisotopic (exact) mass is 372 g/mol. The molecule has 2 aromatic heterocycles. The van der Waals surface area contributed by atoms with Gasteiger partial charge in [-0.05, 0) is 19.1 Å². The van der Waals surface area contributed by atoms with Crippen molar-refractivity contribution in [3.63, 3.8) is 0 Å². The van der Waals surface area contributed by atoms with Gasteiger partial charge in [0.2, 0.25) is 0 Å². The molecule has 4 rings (SSSR count). The van der Waals surface area contributed by atoms with Crippen molar-refractivity contribution in [2.24, 2.45) is 0 Å². The van der Waals surface area contributed by atoms with E-state index in [0.717, 1.165) is 11.0 Å². The molecule has 3 aromatic rings. The second-order valence-corrected chi connectivity index (χ2v) is 6.14. The lowest BCUT2D eigenvalue weighted by Gasteiger charge is -2.14. The Morgan fingerprint density at radius 3 is 2.41 bits per heavy atom. The standard InChI is InChI=1S/C10H14N2O5.C8H6N2/c1-5-3-12(10(16)11-9(5)15)8-2-6(14)7(4-13)17-8;1-2-4-8-7(3-1)9-5-6-10-8/h3,6-8,13-14H,2,4H2,1H3,(H,11,15,16);1-6H/t6-,7+,8+;/m0./s1. The zero-order valence-electron chi connectivity index (χ0n) is 14.6. The first-order chi connectivity index (χ1) is 13.0. The highest BCUT2D eigenvalue weighted by Gasteiger charge is 2.34. The van der Waals surface area contributed by atoms with Gasteiger partial charge < -0.3 is 14.9 Å². The number of aromatic amines is 1. The van der Waals surface area contributed by atoms with Crippen molar-refractivity contribution in [1.29, 1.82) is 0 Å². The number of rotatable bonds is 2. The molecule has 3 N–H and O–H groups in total. The van der Waals surface area contributed by atoms with Gasteiger partial charge in [-0.1, -0.05) is 12.1 Å². The number of hydrogen-bond donors (Lipinski definition) is 3. The third kappa shape index (κ3) is 4.27. The third-order valence-corrected chi connectivity index (χ3v) is 4.22. The number of aliphatic hydroxyl groups excluding tert-OH is 2. The maximum Gasteiger partial charge on any atom is 0.330 e. The summed E-state index contributed by atoms with van der Waals surface area (Å²) in [4.78, 5) is 33.2. The molecule has 1 aliphatic rings. The van der Waals surface area contributed by atoms with Crippen LogP contribution < -0.4 is 11.2 Å². The fourth-order valence-electron chi connectivity index (χ4n) is 2.76. The van der Waals surface area contributed by atoms with Crippen molar-refractivity contribution in [3.8, 4) is 0 Å². The van der Waals surface area contributed by atoms with Crippen molar-refractivity contribution in [3.05, 3.63) is 69.3 Å². The predicted molar refractivity (Wildman–Crippen MR) is 97.2 cm³/mol. The second-order valence-electron chi connectivity index (χ2n) is 6.14. The molecule has 3 atom stereocenters. The summed E-state index contributed by atoms with van der Waals surface area (Å²) in [6.45, 7) is 1.26. The van der Waals surface area contributed by atoms with Gasteiger partial charge >= 0.3 is 5.69 Å². The Morgan fingerprint density at radius 2 is 1.85 bits per heavy atom. The number of para-hydroxylation sites is 2. The van der Waals surface area contributed by atoms with Crippen LogP contribution in [0.3, 0.4) is 0 Å². The van der Waals surface area contributed by atoms with E-state index in [0.29, 0.717) is 5.56 Å². The van der Waals surface area contributed by atoms with Crippen LogP contribution in [0.2, 0.25) is 0 Å². The number of hydrogen-bond acceptors (Lipinski definition) is 7. The number of fused-ring (bicyclic) bond motifs is 1. The number of nitrogens with zero attached hydrogens (tertiary/aromatic N) is 3. The summed E-state index contributed by atoms with van der Waals surface area (Å²) >= 11 is 0. The van der Waals surface area contributed by atoms with Gasteiger partial charge in [-0.15, -0.1) is 0 Å². The van der Waals surface area contributed by atoms with Crippen molar-refractivity contribution in [2.75, 3.05) is 6.61 Å². The number of aryl methyl sites for hydroxylation is 1. The second kappa shape index (κ2) is 8.21. The molecule has 0 unspecified atom stereocenters. The zero-order valence-corrected chi connectivity index (χ0v) is 14.6. The minimum absolute atomic E-state index is 0.205. The number of aliphatic hydroxyl groups is 2. The average molecular weight is 372 g/mol. The van der Waals surface area contributed by atoms with Crippen LogP contribution in [0, 0.1) is 6.92 Å². The molecule has 1 fully saturated rings. The Kier molecular flexibility index (Phi) is 5.75.